The summed E-state index contributed by atoms with van der Waals surface area (Å²) in [6.07, 6.45) is 4.37. The van der Waals surface area contributed by atoms with Crippen LogP contribution in [0.5, 0.6) is 0 Å². The van der Waals surface area contributed by atoms with E-state index in [9.17, 15) is 18.0 Å². The minimum atomic E-state index is -3.76. The molecule has 2 aromatic rings. The molecule has 1 heterocycles. The Morgan fingerprint density at radius 2 is 1.76 bits per heavy atom. The number of rotatable bonds is 12. The highest BCUT2D eigenvalue weighted by molar-refractivity contribution is 7.89. The first kappa shape index (κ1) is 27.4. The number of ether oxygens (including phenoxy) is 1. The Bertz CT molecular complexity index is 1040. The Morgan fingerprint density at radius 3 is 2.35 bits per heavy atom. The zero-order chi connectivity index (χ0) is 25.2. The predicted molar refractivity (Wildman–Crippen MR) is 130 cm³/mol. The summed E-state index contributed by atoms with van der Waals surface area (Å²) in [7, 11) is -3.76. The highest BCUT2D eigenvalue weighted by Gasteiger charge is 2.19. The number of pyridine rings is 1. The summed E-state index contributed by atoms with van der Waals surface area (Å²) in [6.45, 7) is 6.90. The molecule has 10 heteroatoms. The number of benzene rings is 1. The Balaban J connectivity index is 1.78. The van der Waals surface area contributed by atoms with Crippen molar-refractivity contribution in [3.05, 3.63) is 54.4 Å². The lowest BCUT2D eigenvalue weighted by atomic mass is 10.1. The lowest BCUT2D eigenvalue weighted by Gasteiger charge is -2.24. The highest BCUT2D eigenvalue weighted by Crippen LogP contribution is 2.14. The van der Waals surface area contributed by atoms with Gasteiger partial charge in [-0.15, -0.1) is 0 Å². The van der Waals surface area contributed by atoms with Gasteiger partial charge in [-0.25, -0.2) is 13.6 Å². The van der Waals surface area contributed by atoms with Crippen LogP contribution in [0.3, 0.4) is 0 Å². The van der Waals surface area contributed by atoms with Crippen LogP contribution in [-0.4, -0.2) is 48.9 Å². The van der Waals surface area contributed by atoms with E-state index in [1.54, 1.807) is 6.20 Å². The average Bonchev–Trinajstić information content (AvgIpc) is 2.72. The number of nitrogens with zero attached hydrogens (tertiary/aromatic N) is 2. The molecular formula is C24H34N4O5S. The Labute approximate surface area is 201 Å². The average molecular weight is 491 g/mol. The molecule has 34 heavy (non-hydrogen) atoms. The normalized spacial score (nSPS) is 11.9. The van der Waals surface area contributed by atoms with Gasteiger partial charge in [0, 0.05) is 24.8 Å². The van der Waals surface area contributed by atoms with Crippen molar-refractivity contribution >= 4 is 27.6 Å². The molecule has 0 saturated heterocycles. The summed E-state index contributed by atoms with van der Waals surface area (Å²) in [6, 6.07) is 11.4. The number of sulfonamides is 1. The van der Waals surface area contributed by atoms with Crippen LogP contribution < -0.4 is 10.5 Å². The van der Waals surface area contributed by atoms with Crippen molar-refractivity contribution in [2.45, 2.75) is 63.5 Å². The molecule has 1 aromatic heterocycles. The molecule has 0 spiro atoms. The fourth-order valence-corrected chi connectivity index (χ4v) is 3.76. The summed E-state index contributed by atoms with van der Waals surface area (Å²) in [5.74, 6) is -0.432. The third-order valence-electron chi connectivity index (χ3n) is 4.73. The fraction of sp³-hybridized carbons (Fsp3) is 0.458. The molecule has 0 unspecified atom stereocenters. The van der Waals surface area contributed by atoms with Crippen LogP contribution in [0.2, 0.25) is 0 Å². The molecule has 0 aliphatic carbocycles. The molecule has 2 rings (SSSR count). The van der Waals surface area contributed by atoms with Gasteiger partial charge in [0.2, 0.25) is 15.9 Å². The van der Waals surface area contributed by atoms with Gasteiger partial charge >= 0.3 is 5.97 Å². The molecule has 0 bridgehead atoms. The van der Waals surface area contributed by atoms with Crippen molar-refractivity contribution in [3.63, 3.8) is 0 Å². The van der Waals surface area contributed by atoms with Crippen molar-refractivity contribution in [1.29, 1.82) is 0 Å². The Hall–Kier alpha value is -2.82. The van der Waals surface area contributed by atoms with Gasteiger partial charge in [-0.3, -0.25) is 19.5 Å². The second kappa shape index (κ2) is 12.6. The third kappa shape index (κ3) is 10.9. The van der Waals surface area contributed by atoms with Gasteiger partial charge in [-0.05, 0) is 76.6 Å². The maximum atomic E-state index is 12.3. The molecule has 0 saturated carbocycles. The number of hydrogen-bond acceptors (Lipinski definition) is 7. The van der Waals surface area contributed by atoms with Crippen LogP contribution in [0, 0.1) is 0 Å². The number of anilines is 1. The van der Waals surface area contributed by atoms with E-state index in [-0.39, 0.29) is 23.3 Å². The maximum Gasteiger partial charge on any atom is 0.320 e. The summed E-state index contributed by atoms with van der Waals surface area (Å²) < 4.78 is 28.0. The summed E-state index contributed by atoms with van der Waals surface area (Å²) in [5.41, 5.74) is 0.843. The molecule has 0 aliphatic rings. The molecular weight excluding hydrogens is 456 g/mol. The number of aromatic nitrogens is 1. The first-order valence-electron chi connectivity index (χ1n) is 11.2. The van der Waals surface area contributed by atoms with Crippen molar-refractivity contribution < 1.29 is 22.7 Å². The molecule has 0 fully saturated rings. The molecule has 9 nitrogen and oxygen atoms in total. The summed E-state index contributed by atoms with van der Waals surface area (Å²) >= 11 is 0. The lowest BCUT2D eigenvalue weighted by Crippen LogP contribution is -2.35. The number of hydrogen-bond donors (Lipinski definition) is 2. The standard InChI is InChI=1S/C24H34N4O5S/c1-24(2,3)33-23(30)18-28(17-20-9-6-7-15-26-20)16-8-4-5-10-22(29)27-19-11-13-21(14-12-19)34(25,31)32/h6-7,9,11-15H,4-5,8,10,16-18H2,1-3H3,(H,27,29)(H2,25,31,32). The van der Waals surface area contributed by atoms with Crippen LogP contribution in [0.25, 0.3) is 0 Å². The van der Waals surface area contributed by atoms with Crippen LogP contribution in [0.1, 0.15) is 52.1 Å². The van der Waals surface area contributed by atoms with E-state index in [4.69, 9.17) is 9.88 Å². The zero-order valence-electron chi connectivity index (χ0n) is 20.0. The van der Waals surface area contributed by atoms with Gasteiger partial charge in [-0.1, -0.05) is 12.5 Å². The van der Waals surface area contributed by atoms with Gasteiger partial charge in [0.1, 0.15) is 5.60 Å². The van der Waals surface area contributed by atoms with Crippen molar-refractivity contribution in [1.82, 2.24) is 9.88 Å². The quantitative estimate of drug-likeness (QED) is 0.345. The molecule has 0 atom stereocenters. The van der Waals surface area contributed by atoms with E-state index in [1.165, 1.54) is 24.3 Å². The van der Waals surface area contributed by atoms with Crippen LogP contribution in [-0.2, 0) is 30.9 Å². The molecule has 3 N–H and O–H groups in total. The zero-order valence-corrected chi connectivity index (χ0v) is 20.8. The largest absolute Gasteiger partial charge is 0.459 e. The lowest BCUT2D eigenvalue weighted by molar-refractivity contribution is -0.156. The van der Waals surface area contributed by atoms with Crippen LogP contribution in [0.4, 0.5) is 5.69 Å². The molecule has 1 amide bonds. The fourth-order valence-electron chi connectivity index (χ4n) is 3.24. The minimum Gasteiger partial charge on any atom is -0.459 e. The Kier molecular flexibility index (Phi) is 10.2. The highest BCUT2D eigenvalue weighted by atomic mass is 32.2. The van der Waals surface area contributed by atoms with E-state index < -0.39 is 15.6 Å². The number of carbonyl (C=O) groups excluding carboxylic acids is 2. The number of primary sulfonamides is 1. The van der Waals surface area contributed by atoms with E-state index in [0.29, 0.717) is 31.6 Å². The summed E-state index contributed by atoms with van der Waals surface area (Å²) in [4.78, 5) is 30.8. The second-order valence-electron chi connectivity index (χ2n) is 9.05. The topological polar surface area (TPSA) is 132 Å². The van der Waals surface area contributed by atoms with Gasteiger partial charge in [0.25, 0.3) is 0 Å². The summed E-state index contributed by atoms with van der Waals surface area (Å²) in [5, 5.41) is 7.82. The van der Waals surface area contributed by atoms with E-state index in [1.807, 2.05) is 43.9 Å². The third-order valence-corrected chi connectivity index (χ3v) is 5.66. The number of carbonyl (C=O) groups is 2. The molecule has 0 radical (unpaired) electrons. The Morgan fingerprint density at radius 1 is 1.06 bits per heavy atom. The van der Waals surface area contributed by atoms with Gasteiger partial charge < -0.3 is 10.1 Å². The molecule has 186 valence electrons. The first-order valence-corrected chi connectivity index (χ1v) is 12.7. The smallest absolute Gasteiger partial charge is 0.320 e. The van der Waals surface area contributed by atoms with Crippen LogP contribution >= 0.6 is 0 Å². The number of esters is 1. The van der Waals surface area contributed by atoms with Gasteiger partial charge in [0.05, 0.1) is 17.1 Å². The van der Waals surface area contributed by atoms with Crippen LogP contribution in [0.15, 0.2) is 53.6 Å². The maximum absolute atomic E-state index is 12.3. The predicted octanol–water partition coefficient (Wildman–Crippen LogP) is 3.07. The first-order chi connectivity index (χ1) is 15.9. The minimum absolute atomic E-state index is 0.00728. The van der Waals surface area contributed by atoms with E-state index in [2.05, 4.69) is 10.3 Å². The number of nitrogens with one attached hydrogen (secondary N) is 1. The second-order valence-corrected chi connectivity index (χ2v) is 10.6. The molecule has 0 aliphatic heterocycles. The van der Waals surface area contributed by atoms with E-state index in [0.717, 1.165) is 18.5 Å². The van der Waals surface area contributed by atoms with Gasteiger partial charge in [0.15, 0.2) is 0 Å². The van der Waals surface area contributed by atoms with Gasteiger partial charge in [-0.2, -0.15) is 0 Å². The van der Waals surface area contributed by atoms with E-state index >= 15 is 0 Å². The number of nitrogens with two attached hydrogens (primary N) is 1. The van der Waals surface area contributed by atoms with Crippen molar-refractivity contribution in [2.24, 2.45) is 5.14 Å². The monoisotopic (exact) mass is 490 g/mol. The molecule has 1 aromatic carbocycles. The number of unbranched alkanes of at least 4 members (excludes halogenated alkanes) is 2. The van der Waals surface area contributed by atoms with Crippen molar-refractivity contribution in [2.75, 3.05) is 18.4 Å². The SMILES string of the molecule is CC(C)(C)OC(=O)CN(CCCCCC(=O)Nc1ccc(S(N)(=O)=O)cc1)Cc1ccccn1. The number of amides is 1. The van der Waals surface area contributed by atoms with Crippen molar-refractivity contribution in [3.8, 4) is 0 Å².